The van der Waals surface area contributed by atoms with Crippen LogP contribution in [0.2, 0.25) is 0 Å². The number of nitrogens with zero attached hydrogens (tertiary/aromatic N) is 1. The van der Waals surface area contributed by atoms with Crippen molar-refractivity contribution in [2.24, 2.45) is 0 Å². The average Bonchev–Trinajstić information content (AvgIpc) is 2.35. The molecule has 0 bridgehead atoms. The molecule has 0 saturated heterocycles. The second-order valence-electron chi connectivity index (χ2n) is 3.77. The number of halogens is 3. The fourth-order valence-electron chi connectivity index (χ4n) is 1.41. The number of anilines is 1. The molecule has 0 aliphatic rings. The van der Waals surface area contributed by atoms with E-state index < -0.39 is 17.7 Å². The quantitative estimate of drug-likeness (QED) is 0.783. The molecule has 0 atom stereocenters. The fraction of sp³-hybridized carbons (Fsp3) is 0.417. The van der Waals surface area contributed by atoms with Crippen molar-refractivity contribution in [3.8, 4) is 0 Å². The summed E-state index contributed by atoms with van der Waals surface area (Å²) in [6.07, 6.45) is -4.49. The van der Waals surface area contributed by atoms with Crippen LogP contribution in [0.3, 0.4) is 0 Å². The van der Waals surface area contributed by atoms with Crippen molar-refractivity contribution < 1.29 is 22.7 Å². The molecular formula is C12H14F3NO2. The maximum absolute atomic E-state index is 12.7. The molecule has 0 unspecified atom stereocenters. The van der Waals surface area contributed by atoms with Gasteiger partial charge in [-0.05, 0) is 25.1 Å². The van der Waals surface area contributed by atoms with Crippen LogP contribution in [0, 0.1) is 0 Å². The van der Waals surface area contributed by atoms with E-state index in [1.54, 1.807) is 18.9 Å². The number of alkyl halides is 3. The number of benzene rings is 1. The van der Waals surface area contributed by atoms with Crippen molar-refractivity contribution in [2.75, 3.05) is 25.6 Å². The molecule has 0 saturated carbocycles. The summed E-state index contributed by atoms with van der Waals surface area (Å²) in [4.78, 5) is 13.0. The van der Waals surface area contributed by atoms with E-state index in [0.29, 0.717) is 12.2 Å². The van der Waals surface area contributed by atoms with Crippen LogP contribution in [-0.2, 0) is 10.9 Å². The summed E-state index contributed by atoms with van der Waals surface area (Å²) in [7, 11) is 2.78. The van der Waals surface area contributed by atoms with Gasteiger partial charge in [-0.2, -0.15) is 13.2 Å². The number of carbonyl (C=O) groups excluding carboxylic acids is 1. The highest BCUT2D eigenvalue weighted by Crippen LogP contribution is 2.32. The molecule has 0 spiro atoms. The van der Waals surface area contributed by atoms with Crippen LogP contribution in [-0.4, -0.2) is 26.7 Å². The highest BCUT2D eigenvalue weighted by atomic mass is 19.4. The molecule has 0 heterocycles. The maximum atomic E-state index is 12.7. The smallest absolute Gasteiger partial charge is 0.416 e. The molecule has 1 rings (SSSR count). The van der Waals surface area contributed by atoms with Crippen molar-refractivity contribution >= 4 is 11.7 Å². The van der Waals surface area contributed by atoms with Crippen molar-refractivity contribution in [2.45, 2.75) is 13.1 Å². The van der Waals surface area contributed by atoms with Gasteiger partial charge in [-0.15, -0.1) is 0 Å². The van der Waals surface area contributed by atoms with E-state index in [-0.39, 0.29) is 5.56 Å². The molecular weight excluding hydrogens is 247 g/mol. The van der Waals surface area contributed by atoms with Gasteiger partial charge in [-0.1, -0.05) is 0 Å². The van der Waals surface area contributed by atoms with Gasteiger partial charge in [-0.3, -0.25) is 0 Å². The zero-order valence-corrected chi connectivity index (χ0v) is 10.3. The normalized spacial score (nSPS) is 11.2. The Balaban J connectivity index is 3.33. The minimum absolute atomic E-state index is 0.109. The molecule has 0 aliphatic carbocycles. The minimum Gasteiger partial charge on any atom is -0.465 e. The molecule has 0 radical (unpaired) electrons. The predicted octanol–water partition coefficient (Wildman–Crippen LogP) is 2.95. The van der Waals surface area contributed by atoms with E-state index in [1.165, 1.54) is 6.07 Å². The van der Waals surface area contributed by atoms with Crippen LogP contribution in [0.25, 0.3) is 0 Å². The lowest BCUT2D eigenvalue weighted by molar-refractivity contribution is -0.137. The van der Waals surface area contributed by atoms with Crippen molar-refractivity contribution in [1.82, 2.24) is 0 Å². The third kappa shape index (κ3) is 3.15. The third-order valence-corrected chi connectivity index (χ3v) is 2.58. The Morgan fingerprint density at radius 3 is 2.39 bits per heavy atom. The van der Waals surface area contributed by atoms with Gasteiger partial charge >= 0.3 is 12.1 Å². The second-order valence-corrected chi connectivity index (χ2v) is 3.77. The molecule has 0 aliphatic heterocycles. The highest BCUT2D eigenvalue weighted by Gasteiger charge is 2.32. The number of carbonyl (C=O) groups is 1. The second kappa shape index (κ2) is 5.29. The van der Waals surface area contributed by atoms with Gasteiger partial charge in [0.2, 0.25) is 0 Å². The molecule has 0 fully saturated rings. The predicted molar refractivity (Wildman–Crippen MR) is 61.7 cm³/mol. The summed E-state index contributed by atoms with van der Waals surface area (Å²) in [6.45, 7) is 2.33. The van der Waals surface area contributed by atoms with E-state index >= 15 is 0 Å². The average molecular weight is 261 g/mol. The summed E-state index contributed by atoms with van der Waals surface area (Å²) in [6, 6.07) is 3.18. The first-order valence-corrected chi connectivity index (χ1v) is 5.31. The van der Waals surface area contributed by atoms with Gasteiger partial charge < -0.3 is 9.64 Å². The van der Waals surface area contributed by atoms with Crippen LogP contribution in [0.5, 0.6) is 0 Å². The summed E-state index contributed by atoms with van der Waals surface area (Å²) in [5, 5.41) is 0. The van der Waals surface area contributed by atoms with Crippen LogP contribution in [0.15, 0.2) is 18.2 Å². The molecule has 100 valence electrons. The van der Waals surface area contributed by atoms with Crippen molar-refractivity contribution in [3.63, 3.8) is 0 Å². The molecule has 0 N–H and O–H groups in total. The summed E-state index contributed by atoms with van der Waals surface area (Å²) in [5.41, 5.74) is -0.643. The molecule has 1 aromatic carbocycles. The molecule has 18 heavy (non-hydrogen) atoms. The summed E-state index contributed by atoms with van der Waals surface area (Å²) >= 11 is 0. The van der Waals surface area contributed by atoms with Gasteiger partial charge in [0.1, 0.15) is 0 Å². The highest BCUT2D eigenvalue weighted by molar-refractivity contribution is 5.90. The molecule has 0 amide bonds. The van der Waals surface area contributed by atoms with E-state index in [0.717, 1.165) is 19.2 Å². The number of hydrogen-bond acceptors (Lipinski definition) is 3. The first-order chi connectivity index (χ1) is 8.29. The SMILES string of the molecule is CCN(C)c1cc(C(=O)OC)cc(C(F)(F)F)c1. The Bertz CT molecular complexity index is 443. The van der Waals surface area contributed by atoms with Crippen molar-refractivity contribution in [3.05, 3.63) is 29.3 Å². The molecule has 1 aromatic rings. The number of hydrogen-bond donors (Lipinski definition) is 0. The lowest BCUT2D eigenvalue weighted by atomic mass is 10.1. The Labute approximate surface area is 103 Å². The largest absolute Gasteiger partial charge is 0.465 e. The van der Waals surface area contributed by atoms with Gasteiger partial charge in [0.15, 0.2) is 0 Å². The zero-order valence-electron chi connectivity index (χ0n) is 10.3. The van der Waals surface area contributed by atoms with Crippen LogP contribution >= 0.6 is 0 Å². The van der Waals surface area contributed by atoms with Gasteiger partial charge in [-0.25, -0.2) is 4.79 Å². The van der Waals surface area contributed by atoms with E-state index in [1.807, 2.05) is 0 Å². The third-order valence-electron chi connectivity index (χ3n) is 2.58. The van der Waals surface area contributed by atoms with E-state index in [2.05, 4.69) is 4.74 Å². The first-order valence-electron chi connectivity index (χ1n) is 5.31. The first kappa shape index (κ1) is 14.3. The minimum atomic E-state index is -4.49. The zero-order chi connectivity index (χ0) is 13.9. The van der Waals surface area contributed by atoms with Crippen LogP contribution < -0.4 is 4.90 Å². The van der Waals surface area contributed by atoms with Gasteiger partial charge in [0.05, 0.1) is 18.2 Å². The lowest BCUT2D eigenvalue weighted by Gasteiger charge is -2.19. The summed E-state index contributed by atoms with van der Waals surface area (Å²) < 4.78 is 42.6. The maximum Gasteiger partial charge on any atom is 0.416 e. The topological polar surface area (TPSA) is 29.5 Å². The van der Waals surface area contributed by atoms with Crippen LogP contribution in [0.4, 0.5) is 18.9 Å². The van der Waals surface area contributed by atoms with Crippen molar-refractivity contribution in [1.29, 1.82) is 0 Å². The van der Waals surface area contributed by atoms with E-state index in [4.69, 9.17) is 0 Å². The Morgan fingerprint density at radius 2 is 1.94 bits per heavy atom. The Hall–Kier alpha value is -1.72. The molecule has 6 heteroatoms. The van der Waals surface area contributed by atoms with Gasteiger partial charge in [0.25, 0.3) is 0 Å². The number of esters is 1. The number of rotatable bonds is 3. The lowest BCUT2D eigenvalue weighted by Crippen LogP contribution is -2.18. The number of methoxy groups -OCH3 is 1. The fourth-order valence-corrected chi connectivity index (χ4v) is 1.41. The Morgan fingerprint density at radius 1 is 1.33 bits per heavy atom. The monoisotopic (exact) mass is 261 g/mol. The van der Waals surface area contributed by atoms with E-state index in [9.17, 15) is 18.0 Å². The molecule has 3 nitrogen and oxygen atoms in total. The summed E-state index contributed by atoms with van der Waals surface area (Å²) in [5.74, 6) is -0.785. The molecule has 0 aromatic heterocycles. The number of ether oxygens (including phenoxy) is 1. The van der Waals surface area contributed by atoms with Crippen LogP contribution in [0.1, 0.15) is 22.8 Å². The standard InChI is InChI=1S/C12H14F3NO2/c1-4-16(2)10-6-8(11(17)18-3)5-9(7-10)12(13,14)15/h5-7H,4H2,1-3H3. The Kier molecular flexibility index (Phi) is 4.21. The van der Waals surface area contributed by atoms with Gasteiger partial charge in [0, 0.05) is 19.3 Å².